The highest BCUT2D eigenvalue weighted by atomic mass is 32.3. The summed E-state index contributed by atoms with van der Waals surface area (Å²) in [6.07, 6.45) is 6.21. The highest BCUT2D eigenvalue weighted by Gasteiger charge is 2.14. The van der Waals surface area contributed by atoms with E-state index in [2.05, 4.69) is 17.5 Å². The maximum absolute atomic E-state index is 5.60. The van der Waals surface area contributed by atoms with E-state index in [1.807, 2.05) is 11.6 Å². The molecule has 0 amide bonds. The maximum Gasteiger partial charge on any atom is 0.133 e. The Morgan fingerprint density at radius 3 is 2.80 bits per heavy atom. The minimum atomic E-state index is -0.770. The molecule has 10 heavy (non-hydrogen) atoms. The fourth-order valence-corrected chi connectivity index (χ4v) is 2.82. The molecule has 0 spiro atoms. The molecule has 0 saturated heterocycles. The van der Waals surface area contributed by atoms with Crippen molar-refractivity contribution in [2.24, 2.45) is 5.73 Å². The summed E-state index contributed by atoms with van der Waals surface area (Å²) in [4.78, 5) is 4.23. The van der Waals surface area contributed by atoms with Crippen molar-refractivity contribution < 1.29 is 0 Å². The van der Waals surface area contributed by atoms with E-state index in [9.17, 15) is 0 Å². The Bertz CT molecular complexity index is 194. The van der Waals surface area contributed by atoms with Crippen LogP contribution in [0.3, 0.4) is 0 Å². The van der Waals surface area contributed by atoms with E-state index < -0.39 is 10.0 Å². The SMILES string of the molecule is CS(C)(CN)c1nccs1. The maximum atomic E-state index is 5.60. The van der Waals surface area contributed by atoms with E-state index in [4.69, 9.17) is 5.73 Å². The van der Waals surface area contributed by atoms with Gasteiger partial charge in [0.05, 0.1) is 0 Å². The molecule has 2 nitrogen and oxygen atoms in total. The van der Waals surface area contributed by atoms with E-state index in [0.717, 1.165) is 5.88 Å². The standard InChI is InChI=1S/C6H12N2S2/c1-10(2,5-7)6-8-3-4-9-6/h3-4H,5,7H2,1-2H3. The predicted octanol–water partition coefficient (Wildman–Crippen LogP) is 1.48. The van der Waals surface area contributed by atoms with Gasteiger partial charge in [0.15, 0.2) is 0 Å². The Hall–Kier alpha value is -0.0600. The minimum Gasteiger partial charge on any atom is -0.323 e. The molecule has 0 aromatic carbocycles. The third-order valence-electron chi connectivity index (χ3n) is 1.30. The molecule has 1 heterocycles. The minimum absolute atomic E-state index is 0.737. The van der Waals surface area contributed by atoms with Gasteiger partial charge in [0.2, 0.25) is 0 Å². The zero-order valence-electron chi connectivity index (χ0n) is 6.20. The van der Waals surface area contributed by atoms with Gasteiger partial charge in [-0.05, 0) is 12.5 Å². The van der Waals surface area contributed by atoms with Gasteiger partial charge in [-0.25, -0.2) is 4.98 Å². The van der Waals surface area contributed by atoms with Crippen LogP contribution in [-0.4, -0.2) is 23.4 Å². The van der Waals surface area contributed by atoms with Gasteiger partial charge in [0, 0.05) is 17.5 Å². The van der Waals surface area contributed by atoms with E-state index in [1.54, 1.807) is 11.3 Å². The molecule has 4 heteroatoms. The van der Waals surface area contributed by atoms with Crippen LogP contribution in [0.25, 0.3) is 0 Å². The Labute approximate surface area is 66.8 Å². The Kier molecular flexibility index (Phi) is 2.33. The summed E-state index contributed by atoms with van der Waals surface area (Å²) in [5.74, 6) is 0.737. The number of nitrogens with zero attached hydrogens (tertiary/aromatic N) is 1. The number of hydrogen-bond donors (Lipinski definition) is 1. The molecule has 1 aromatic heterocycles. The topological polar surface area (TPSA) is 38.9 Å². The van der Waals surface area contributed by atoms with Gasteiger partial charge in [-0.3, -0.25) is 0 Å². The van der Waals surface area contributed by atoms with Crippen molar-refractivity contribution in [3.8, 4) is 0 Å². The molecule has 58 valence electrons. The van der Waals surface area contributed by atoms with E-state index in [1.165, 1.54) is 4.34 Å². The summed E-state index contributed by atoms with van der Waals surface area (Å²) in [5, 5.41) is 2.00. The Balaban J connectivity index is 2.85. The summed E-state index contributed by atoms with van der Waals surface area (Å²) >= 11 is 1.70. The Morgan fingerprint density at radius 2 is 2.40 bits per heavy atom. The van der Waals surface area contributed by atoms with Crippen LogP contribution in [0.1, 0.15) is 0 Å². The van der Waals surface area contributed by atoms with Crippen molar-refractivity contribution >= 4 is 21.4 Å². The van der Waals surface area contributed by atoms with Gasteiger partial charge in [-0.15, -0.1) is 11.3 Å². The first-order chi connectivity index (χ1) is 4.67. The number of aromatic nitrogens is 1. The van der Waals surface area contributed by atoms with E-state index in [0.29, 0.717) is 0 Å². The van der Waals surface area contributed by atoms with Crippen molar-refractivity contribution in [3.05, 3.63) is 11.6 Å². The van der Waals surface area contributed by atoms with E-state index >= 15 is 0 Å². The third-order valence-corrected chi connectivity index (χ3v) is 5.39. The fraction of sp³-hybridized carbons (Fsp3) is 0.500. The van der Waals surface area contributed by atoms with Crippen molar-refractivity contribution in [1.82, 2.24) is 4.98 Å². The summed E-state index contributed by atoms with van der Waals surface area (Å²) in [6.45, 7) is 0. The molecule has 0 unspecified atom stereocenters. The number of thiazole rings is 1. The molecule has 0 atom stereocenters. The normalized spacial score (nSPS) is 13.5. The van der Waals surface area contributed by atoms with Crippen molar-refractivity contribution in [2.45, 2.75) is 4.34 Å². The Morgan fingerprint density at radius 1 is 1.70 bits per heavy atom. The van der Waals surface area contributed by atoms with Crippen LogP contribution in [0.4, 0.5) is 0 Å². The monoisotopic (exact) mass is 176 g/mol. The first-order valence-electron chi connectivity index (χ1n) is 2.97. The molecule has 1 rings (SSSR count). The van der Waals surface area contributed by atoms with Crippen molar-refractivity contribution in [2.75, 3.05) is 18.4 Å². The van der Waals surface area contributed by atoms with Crippen LogP contribution in [0.2, 0.25) is 0 Å². The van der Waals surface area contributed by atoms with E-state index in [-0.39, 0.29) is 0 Å². The zero-order chi connectivity index (χ0) is 7.61. The molecule has 0 fully saturated rings. The summed E-state index contributed by atoms with van der Waals surface area (Å²) in [6, 6.07) is 0. The van der Waals surface area contributed by atoms with Gasteiger partial charge in [-0.1, -0.05) is 0 Å². The van der Waals surface area contributed by atoms with Crippen LogP contribution in [0, 0.1) is 0 Å². The largest absolute Gasteiger partial charge is 0.323 e. The van der Waals surface area contributed by atoms with Gasteiger partial charge in [-0.2, -0.15) is 10.0 Å². The summed E-state index contributed by atoms with van der Waals surface area (Å²) in [7, 11) is -0.770. The molecule has 2 N–H and O–H groups in total. The summed E-state index contributed by atoms with van der Waals surface area (Å²) in [5.41, 5.74) is 5.60. The van der Waals surface area contributed by atoms with Crippen molar-refractivity contribution in [1.29, 1.82) is 0 Å². The number of hydrogen-bond acceptors (Lipinski definition) is 3. The molecule has 0 radical (unpaired) electrons. The molecule has 0 saturated carbocycles. The quantitative estimate of drug-likeness (QED) is 0.741. The van der Waals surface area contributed by atoms with Crippen LogP contribution in [0.5, 0.6) is 0 Å². The number of rotatable bonds is 2. The summed E-state index contributed by atoms with van der Waals surface area (Å²) < 4.78 is 1.20. The lowest BCUT2D eigenvalue weighted by atomic mass is 11.0. The molecule has 0 aliphatic carbocycles. The van der Waals surface area contributed by atoms with Crippen LogP contribution in [-0.2, 0) is 0 Å². The lowest BCUT2D eigenvalue weighted by Gasteiger charge is -2.25. The van der Waals surface area contributed by atoms with Gasteiger partial charge in [0.1, 0.15) is 4.34 Å². The smallest absolute Gasteiger partial charge is 0.133 e. The van der Waals surface area contributed by atoms with Crippen LogP contribution in [0.15, 0.2) is 15.9 Å². The first-order valence-corrected chi connectivity index (χ1v) is 6.47. The highest BCUT2D eigenvalue weighted by Crippen LogP contribution is 2.47. The molecule has 0 bridgehead atoms. The second kappa shape index (κ2) is 2.90. The first kappa shape index (κ1) is 8.04. The zero-order valence-corrected chi connectivity index (χ0v) is 7.84. The fourth-order valence-electron chi connectivity index (χ4n) is 0.555. The van der Waals surface area contributed by atoms with Crippen LogP contribution >= 0.6 is 21.4 Å². The second-order valence-corrected chi connectivity index (χ2v) is 7.45. The lowest BCUT2D eigenvalue weighted by molar-refractivity contribution is 1.22. The average molecular weight is 176 g/mol. The lowest BCUT2D eigenvalue weighted by Crippen LogP contribution is -2.09. The van der Waals surface area contributed by atoms with Gasteiger partial charge in [0.25, 0.3) is 0 Å². The van der Waals surface area contributed by atoms with Crippen molar-refractivity contribution in [3.63, 3.8) is 0 Å². The highest BCUT2D eigenvalue weighted by molar-refractivity contribution is 8.33. The predicted molar refractivity (Wildman–Crippen MR) is 48.9 cm³/mol. The molecule has 1 aromatic rings. The second-order valence-electron chi connectivity index (χ2n) is 2.50. The number of nitrogens with two attached hydrogens (primary N) is 1. The molecular formula is C6H12N2S2. The molecular weight excluding hydrogens is 164 g/mol. The van der Waals surface area contributed by atoms with Crippen LogP contribution < -0.4 is 5.73 Å². The average Bonchev–Trinajstić information content (AvgIpc) is 2.38. The van der Waals surface area contributed by atoms with Gasteiger partial charge < -0.3 is 5.73 Å². The molecule has 0 aliphatic heterocycles. The third kappa shape index (κ3) is 1.51. The molecule has 0 aliphatic rings. The van der Waals surface area contributed by atoms with Gasteiger partial charge >= 0.3 is 0 Å².